The molecule has 3 aromatic rings. The molecule has 0 atom stereocenters. The van der Waals surface area contributed by atoms with Crippen LogP contribution in [0.15, 0.2) is 66.7 Å². The minimum Gasteiger partial charge on any atom is -0.426 e. The van der Waals surface area contributed by atoms with Gasteiger partial charge in [-0.05, 0) is 111 Å². The lowest BCUT2D eigenvalue weighted by Gasteiger charge is -2.37. The third-order valence-corrected chi connectivity index (χ3v) is 6.56. The Morgan fingerprint density at radius 2 is 0.935 bits per heavy atom. The molecule has 0 unspecified atom stereocenters. The van der Waals surface area contributed by atoms with Gasteiger partial charge in [-0.15, -0.1) is 0 Å². The van der Waals surface area contributed by atoms with Gasteiger partial charge in [0.1, 0.15) is 23.0 Å². The van der Waals surface area contributed by atoms with E-state index < -0.39 is 40.2 Å². The number of aliphatic hydroxyl groups excluding tert-OH is 1. The van der Waals surface area contributed by atoms with Crippen LogP contribution in [0.1, 0.15) is 83.0 Å². The molecular formula is C36H43NO9. The zero-order chi connectivity index (χ0) is 34.4. The summed E-state index contributed by atoms with van der Waals surface area (Å²) in [6, 6.07) is 16.6. The molecule has 0 spiro atoms. The Bertz CT molecular complexity index is 1450. The number of nitrogens with zero attached hydrogens (tertiary/aromatic N) is 1. The predicted molar refractivity (Wildman–Crippen MR) is 174 cm³/mol. The van der Waals surface area contributed by atoms with E-state index in [0.717, 1.165) is 0 Å². The van der Waals surface area contributed by atoms with Crippen LogP contribution >= 0.6 is 0 Å². The molecule has 0 radical (unpaired) electrons. The molecule has 0 saturated heterocycles. The Labute approximate surface area is 270 Å². The standard InChI is InChI=1S/C36H43NO9/c1-34(2,3)32(41)45-26-14-10-23(11-15-26)30(39)43-28-20-25(37(18-19-38)36(7,8)9)21-29(22-28)44-31(40)24-12-16-27(17-13-24)46-33(42)35(4,5)6/h10-17,20-22,38H,18-19H2,1-9H3. The third-order valence-electron chi connectivity index (χ3n) is 6.56. The molecule has 0 bridgehead atoms. The Kier molecular flexibility index (Phi) is 11.0. The van der Waals surface area contributed by atoms with Crippen molar-refractivity contribution in [3.8, 4) is 23.0 Å². The Morgan fingerprint density at radius 1 is 0.565 bits per heavy atom. The van der Waals surface area contributed by atoms with E-state index in [1.165, 1.54) is 54.6 Å². The zero-order valence-corrected chi connectivity index (χ0v) is 27.9. The van der Waals surface area contributed by atoms with E-state index in [4.69, 9.17) is 18.9 Å². The van der Waals surface area contributed by atoms with Gasteiger partial charge >= 0.3 is 23.9 Å². The number of benzene rings is 3. The van der Waals surface area contributed by atoms with Crippen molar-refractivity contribution in [1.82, 2.24) is 0 Å². The van der Waals surface area contributed by atoms with Gasteiger partial charge in [0.2, 0.25) is 0 Å². The number of carbonyl (C=O) groups excluding carboxylic acids is 4. The Hall–Kier alpha value is -4.70. The molecule has 46 heavy (non-hydrogen) atoms. The first-order valence-corrected chi connectivity index (χ1v) is 14.9. The number of rotatable bonds is 9. The number of carbonyl (C=O) groups is 4. The maximum Gasteiger partial charge on any atom is 0.343 e. The minimum absolute atomic E-state index is 0.102. The number of ether oxygens (including phenoxy) is 4. The summed E-state index contributed by atoms with van der Waals surface area (Å²) in [6.07, 6.45) is 0. The highest BCUT2D eigenvalue weighted by atomic mass is 16.6. The van der Waals surface area contributed by atoms with Crippen LogP contribution in [0.25, 0.3) is 0 Å². The fraction of sp³-hybridized carbons (Fsp3) is 0.389. The topological polar surface area (TPSA) is 129 Å². The minimum atomic E-state index is -0.689. The molecule has 0 heterocycles. The van der Waals surface area contributed by atoms with Crippen molar-refractivity contribution in [2.45, 2.75) is 67.9 Å². The van der Waals surface area contributed by atoms with Gasteiger partial charge in [0.15, 0.2) is 0 Å². The monoisotopic (exact) mass is 633 g/mol. The van der Waals surface area contributed by atoms with Gasteiger partial charge < -0.3 is 29.0 Å². The molecule has 0 saturated carbocycles. The van der Waals surface area contributed by atoms with E-state index in [1.54, 1.807) is 53.7 Å². The number of β-amino-alcohol motifs (C(OH)–C–C–N with tert-alkyl or cyclic N) is 1. The van der Waals surface area contributed by atoms with Gasteiger partial charge in [0.25, 0.3) is 0 Å². The second-order valence-corrected chi connectivity index (χ2v) is 13.8. The number of anilines is 1. The van der Waals surface area contributed by atoms with Crippen molar-refractivity contribution >= 4 is 29.6 Å². The van der Waals surface area contributed by atoms with E-state index in [0.29, 0.717) is 5.69 Å². The van der Waals surface area contributed by atoms with Gasteiger partial charge in [0, 0.05) is 36.0 Å². The van der Waals surface area contributed by atoms with Crippen LogP contribution in [-0.4, -0.2) is 47.7 Å². The smallest absolute Gasteiger partial charge is 0.343 e. The van der Waals surface area contributed by atoms with Gasteiger partial charge in [0.05, 0.1) is 28.6 Å². The number of aliphatic hydroxyl groups is 1. The summed E-state index contributed by atoms with van der Waals surface area (Å²) in [4.78, 5) is 52.5. The molecular weight excluding hydrogens is 590 g/mol. The highest BCUT2D eigenvalue weighted by Gasteiger charge is 2.26. The van der Waals surface area contributed by atoms with Crippen molar-refractivity contribution in [1.29, 1.82) is 0 Å². The van der Waals surface area contributed by atoms with Gasteiger partial charge in [-0.3, -0.25) is 9.59 Å². The van der Waals surface area contributed by atoms with Gasteiger partial charge in [-0.25, -0.2) is 9.59 Å². The summed E-state index contributed by atoms with van der Waals surface area (Å²) in [5.74, 6) is -1.41. The molecule has 0 aliphatic rings. The maximum absolute atomic E-state index is 13.1. The summed E-state index contributed by atoms with van der Waals surface area (Å²) in [7, 11) is 0. The zero-order valence-electron chi connectivity index (χ0n) is 27.9. The summed E-state index contributed by atoms with van der Waals surface area (Å²) >= 11 is 0. The van der Waals surface area contributed by atoms with Crippen molar-refractivity contribution in [3.63, 3.8) is 0 Å². The first-order chi connectivity index (χ1) is 21.3. The van der Waals surface area contributed by atoms with E-state index >= 15 is 0 Å². The average Bonchev–Trinajstić information content (AvgIpc) is 2.94. The lowest BCUT2D eigenvalue weighted by molar-refractivity contribution is -0.143. The molecule has 246 valence electrons. The highest BCUT2D eigenvalue weighted by Crippen LogP contribution is 2.33. The maximum atomic E-state index is 13.1. The Morgan fingerprint density at radius 3 is 1.24 bits per heavy atom. The largest absolute Gasteiger partial charge is 0.426 e. The lowest BCUT2D eigenvalue weighted by atomic mass is 9.97. The first-order valence-electron chi connectivity index (χ1n) is 14.9. The highest BCUT2D eigenvalue weighted by molar-refractivity contribution is 5.93. The van der Waals surface area contributed by atoms with Crippen LogP contribution in [0.4, 0.5) is 5.69 Å². The molecule has 1 N–H and O–H groups in total. The molecule has 10 nitrogen and oxygen atoms in total. The summed E-state index contributed by atoms with van der Waals surface area (Å²) in [6.45, 7) is 16.4. The quantitative estimate of drug-likeness (QED) is 0.203. The fourth-order valence-electron chi connectivity index (χ4n) is 3.95. The average molecular weight is 634 g/mol. The van der Waals surface area contributed by atoms with E-state index in [9.17, 15) is 24.3 Å². The molecule has 0 aromatic heterocycles. The van der Waals surface area contributed by atoms with E-state index in [-0.39, 0.29) is 47.3 Å². The third kappa shape index (κ3) is 9.90. The van der Waals surface area contributed by atoms with Crippen LogP contribution in [0.5, 0.6) is 23.0 Å². The fourth-order valence-corrected chi connectivity index (χ4v) is 3.95. The van der Waals surface area contributed by atoms with Crippen molar-refractivity contribution in [3.05, 3.63) is 77.9 Å². The molecule has 3 aromatic carbocycles. The number of hydrogen-bond donors (Lipinski definition) is 1. The molecule has 0 aliphatic carbocycles. The van der Waals surface area contributed by atoms with Crippen molar-refractivity contribution < 1.29 is 43.2 Å². The van der Waals surface area contributed by atoms with E-state index in [2.05, 4.69) is 0 Å². The normalized spacial score (nSPS) is 11.8. The van der Waals surface area contributed by atoms with Crippen molar-refractivity contribution in [2.24, 2.45) is 10.8 Å². The first kappa shape index (κ1) is 35.8. The predicted octanol–water partition coefficient (Wildman–Crippen LogP) is 6.63. The molecule has 3 rings (SSSR count). The van der Waals surface area contributed by atoms with Crippen molar-refractivity contribution in [2.75, 3.05) is 18.1 Å². The summed E-state index contributed by atoms with van der Waals surface area (Å²) in [5.41, 5.74) is -0.878. The second kappa shape index (κ2) is 14.2. The van der Waals surface area contributed by atoms with Crippen LogP contribution in [0.2, 0.25) is 0 Å². The van der Waals surface area contributed by atoms with Crippen LogP contribution in [-0.2, 0) is 9.59 Å². The van der Waals surface area contributed by atoms with Crippen LogP contribution in [0.3, 0.4) is 0 Å². The molecule has 0 aliphatic heterocycles. The van der Waals surface area contributed by atoms with Gasteiger partial charge in [-0.1, -0.05) is 0 Å². The Balaban J connectivity index is 1.87. The number of hydrogen-bond acceptors (Lipinski definition) is 10. The SMILES string of the molecule is CC(C)(C)C(=O)Oc1ccc(C(=O)Oc2cc(OC(=O)c3ccc(OC(=O)C(C)(C)C)cc3)cc(N(CCO)C(C)(C)C)c2)cc1. The summed E-state index contributed by atoms with van der Waals surface area (Å²) in [5, 5.41) is 9.76. The molecule has 0 fully saturated rings. The number of esters is 4. The van der Waals surface area contributed by atoms with Crippen LogP contribution in [0, 0.1) is 10.8 Å². The van der Waals surface area contributed by atoms with Gasteiger partial charge in [-0.2, -0.15) is 0 Å². The second-order valence-electron chi connectivity index (χ2n) is 13.8. The van der Waals surface area contributed by atoms with Crippen LogP contribution < -0.4 is 23.8 Å². The summed E-state index contributed by atoms with van der Waals surface area (Å²) < 4.78 is 22.1. The van der Waals surface area contributed by atoms with E-state index in [1.807, 2.05) is 25.7 Å². The lowest BCUT2D eigenvalue weighted by Crippen LogP contribution is -2.43. The molecule has 10 heteroatoms. The molecule has 0 amide bonds.